The maximum atomic E-state index is 15.3. The Morgan fingerprint density at radius 2 is 1.81 bits per heavy atom. The van der Waals surface area contributed by atoms with Crippen LogP contribution in [0.3, 0.4) is 0 Å². The Labute approximate surface area is 211 Å². The second-order valence-corrected chi connectivity index (χ2v) is 11.7. The molecule has 2 aromatic carbocycles. The molecule has 4 atom stereocenters. The van der Waals surface area contributed by atoms with Gasteiger partial charge in [0.05, 0.1) is 12.1 Å². The molecule has 5 rings (SSSR count). The number of piperidine rings is 1. The number of anilines is 1. The molecule has 0 unspecified atom stereocenters. The normalized spacial score (nSPS) is 26.7. The van der Waals surface area contributed by atoms with Gasteiger partial charge in [0.2, 0.25) is 10.0 Å². The molecule has 10 heteroatoms. The fourth-order valence-electron chi connectivity index (χ4n) is 5.47. The van der Waals surface area contributed by atoms with Crippen LogP contribution in [-0.2, 0) is 21.3 Å². The van der Waals surface area contributed by atoms with E-state index in [1.807, 2.05) is 47.9 Å². The fourth-order valence-corrected chi connectivity index (χ4v) is 7.66. The largest absolute Gasteiger partial charge is 0.377 e. The standard InChI is InChI=1S/C26H32FN5O3S/c1-19-8-11-26(20-6-4-3-5-7-20)36(33,34)32(19)15-21-9-10-22(14-23(21)27)30-13-12-24(25(16-30)35-2)31-17-28-29-18-31/h3-7,9-10,14,17-19,24-26H,8,11-13,15-16H2,1-2H3/t19-,24+,25-,26+/m0/s1. The first-order valence-corrected chi connectivity index (χ1v) is 13.8. The van der Waals surface area contributed by atoms with E-state index in [9.17, 15) is 8.42 Å². The van der Waals surface area contributed by atoms with Gasteiger partial charge >= 0.3 is 0 Å². The van der Waals surface area contributed by atoms with E-state index in [1.165, 1.54) is 10.4 Å². The van der Waals surface area contributed by atoms with E-state index in [4.69, 9.17) is 4.74 Å². The van der Waals surface area contributed by atoms with Crippen LogP contribution in [-0.4, -0.2) is 59.8 Å². The lowest BCUT2D eigenvalue weighted by Crippen LogP contribution is -2.45. The predicted molar refractivity (Wildman–Crippen MR) is 135 cm³/mol. The van der Waals surface area contributed by atoms with Crippen molar-refractivity contribution in [3.63, 3.8) is 0 Å². The van der Waals surface area contributed by atoms with Crippen LogP contribution in [0.4, 0.5) is 10.1 Å². The van der Waals surface area contributed by atoms with E-state index in [0.29, 0.717) is 18.5 Å². The molecule has 2 fully saturated rings. The topological polar surface area (TPSA) is 80.6 Å². The molecule has 8 nitrogen and oxygen atoms in total. The Hall–Kier alpha value is -2.82. The van der Waals surface area contributed by atoms with Crippen molar-refractivity contribution in [2.24, 2.45) is 0 Å². The summed E-state index contributed by atoms with van der Waals surface area (Å²) in [5.74, 6) is -0.397. The quantitative estimate of drug-likeness (QED) is 0.497. The van der Waals surface area contributed by atoms with Crippen LogP contribution in [0.15, 0.2) is 61.2 Å². The molecule has 2 aliphatic rings. The van der Waals surface area contributed by atoms with Gasteiger partial charge in [-0.15, -0.1) is 10.2 Å². The lowest BCUT2D eigenvalue weighted by molar-refractivity contribution is 0.0472. The first-order valence-electron chi connectivity index (χ1n) is 12.3. The number of methoxy groups -OCH3 is 1. The van der Waals surface area contributed by atoms with E-state index in [1.54, 1.807) is 25.8 Å². The molecule has 0 aliphatic carbocycles. The van der Waals surface area contributed by atoms with E-state index >= 15 is 4.39 Å². The van der Waals surface area contributed by atoms with E-state index in [-0.39, 0.29) is 24.7 Å². The zero-order valence-corrected chi connectivity index (χ0v) is 21.4. The zero-order chi connectivity index (χ0) is 25.3. The van der Waals surface area contributed by atoms with Gasteiger partial charge in [-0.3, -0.25) is 0 Å². The average molecular weight is 514 g/mol. The Balaban J connectivity index is 1.32. The number of sulfonamides is 1. The highest BCUT2D eigenvalue weighted by atomic mass is 32.2. The van der Waals surface area contributed by atoms with E-state index in [0.717, 1.165) is 30.6 Å². The van der Waals surface area contributed by atoms with Gasteiger partial charge in [0, 0.05) is 44.0 Å². The molecule has 2 aliphatic heterocycles. The first kappa shape index (κ1) is 24.9. The number of benzene rings is 2. The summed E-state index contributed by atoms with van der Waals surface area (Å²) in [4.78, 5) is 2.10. The summed E-state index contributed by atoms with van der Waals surface area (Å²) in [5.41, 5.74) is 1.93. The van der Waals surface area contributed by atoms with Crippen molar-refractivity contribution in [1.82, 2.24) is 19.1 Å². The van der Waals surface area contributed by atoms with Crippen molar-refractivity contribution >= 4 is 15.7 Å². The van der Waals surface area contributed by atoms with Gasteiger partial charge in [-0.05, 0) is 43.9 Å². The third-order valence-electron chi connectivity index (χ3n) is 7.57. The van der Waals surface area contributed by atoms with Crippen molar-refractivity contribution in [3.05, 3.63) is 78.1 Å². The SMILES string of the molecule is CO[C@H]1CN(c2ccc(CN3[C@@H](C)CC[C@H](c4ccccc4)S3(=O)=O)c(F)c2)CC[C@H]1n1cnnc1. The summed E-state index contributed by atoms with van der Waals surface area (Å²) in [6.45, 7) is 3.26. The molecule has 0 amide bonds. The Bertz CT molecular complexity index is 1270. The number of nitrogens with zero attached hydrogens (tertiary/aromatic N) is 5. The van der Waals surface area contributed by atoms with Gasteiger partial charge in [-0.1, -0.05) is 36.4 Å². The van der Waals surface area contributed by atoms with Crippen molar-refractivity contribution < 1.29 is 17.5 Å². The van der Waals surface area contributed by atoms with Gasteiger partial charge < -0.3 is 14.2 Å². The summed E-state index contributed by atoms with van der Waals surface area (Å²) >= 11 is 0. The molecule has 0 radical (unpaired) electrons. The molecule has 1 aromatic heterocycles. The Morgan fingerprint density at radius 1 is 1.06 bits per heavy atom. The van der Waals surface area contributed by atoms with Crippen LogP contribution < -0.4 is 4.90 Å². The number of halogens is 1. The van der Waals surface area contributed by atoms with Crippen molar-refractivity contribution in [3.8, 4) is 0 Å². The summed E-state index contributed by atoms with van der Waals surface area (Å²) in [6, 6.07) is 14.3. The van der Waals surface area contributed by atoms with Crippen LogP contribution in [0.1, 0.15) is 48.6 Å². The average Bonchev–Trinajstić information content (AvgIpc) is 3.42. The summed E-state index contributed by atoms with van der Waals surface area (Å²) in [7, 11) is -1.94. The monoisotopic (exact) mass is 513 g/mol. The lowest BCUT2D eigenvalue weighted by atomic mass is 10.0. The molecule has 36 heavy (non-hydrogen) atoms. The van der Waals surface area contributed by atoms with E-state index in [2.05, 4.69) is 15.1 Å². The second kappa shape index (κ2) is 10.3. The molecule has 0 saturated carbocycles. The highest BCUT2D eigenvalue weighted by molar-refractivity contribution is 7.89. The van der Waals surface area contributed by atoms with Crippen molar-refractivity contribution in [1.29, 1.82) is 0 Å². The predicted octanol–water partition coefficient (Wildman–Crippen LogP) is 3.94. The molecule has 3 aromatic rings. The molecule has 2 saturated heterocycles. The molecule has 3 heterocycles. The molecular weight excluding hydrogens is 481 g/mol. The Morgan fingerprint density at radius 3 is 2.50 bits per heavy atom. The third-order valence-corrected chi connectivity index (χ3v) is 9.94. The number of aromatic nitrogens is 3. The Kier molecular flexibility index (Phi) is 7.09. The smallest absolute Gasteiger partial charge is 0.221 e. The van der Waals surface area contributed by atoms with Crippen LogP contribution in [0.5, 0.6) is 0 Å². The first-order chi connectivity index (χ1) is 17.4. The van der Waals surface area contributed by atoms with E-state index < -0.39 is 21.1 Å². The van der Waals surface area contributed by atoms with Crippen molar-refractivity contribution in [2.75, 3.05) is 25.1 Å². The van der Waals surface area contributed by atoms with Gasteiger partial charge in [0.15, 0.2) is 0 Å². The zero-order valence-electron chi connectivity index (χ0n) is 20.6. The van der Waals surface area contributed by atoms with Gasteiger partial charge in [0.25, 0.3) is 0 Å². The summed E-state index contributed by atoms with van der Waals surface area (Å²) < 4.78 is 51.5. The van der Waals surface area contributed by atoms with Crippen molar-refractivity contribution in [2.45, 2.75) is 56.2 Å². The molecule has 192 valence electrons. The minimum atomic E-state index is -3.62. The fraction of sp³-hybridized carbons (Fsp3) is 0.462. The molecule has 0 N–H and O–H groups in total. The number of ether oxygens (including phenoxy) is 1. The molecule has 0 bridgehead atoms. The summed E-state index contributed by atoms with van der Waals surface area (Å²) in [5, 5.41) is 7.19. The lowest BCUT2D eigenvalue weighted by Gasteiger charge is -2.39. The second-order valence-electron chi connectivity index (χ2n) is 9.68. The molecular formula is C26H32FN5O3S. The minimum Gasteiger partial charge on any atom is -0.377 e. The number of rotatable bonds is 6. The van der Waals surface area contributed by atoms with Crippen LogP contribution in [0.25, 0.3) is 0 Å². The maximum Gasteiger partial charge on any atom is 0.221 e. The number of hydrogen-bond acceptors (Lipinski definition) is 6. The van der Waals surface area contributed by atoms with Crippen LogP contribution in [0.2, 0.25) is 0 Å². The summed E-state index contributed by atoms with van der Waals surface area (Å²) in [6.07, 6.45) is 5.41. The van der Waals surface area contributed by atoms with Gasteiger partial charge in [-0.2, -0.15) is 4.31 Å². The maximum absolute atomic E-state index is 15.3. The molecule has 0 spiro atoms. The number of hydrogen-bond donors (Lipinski definition) is 0. The van der Waals surface area contributed by atoms with Crippen LogP contribution >= 0.6 is 0 Å². The highest BCUT2D eigenvalue weighted by Gasteiger charge is 2.40. The van der Waals surface area contributed by atoms with Gasteiger partial charge in [-0.25, -0.2) is 12.8 Å². The highest BCUT2D eigenvalue weighted by Crippen LogP contribution is 2.38. The minimum absolute atomic E-state index is 0.0232. The van der Waals surface area contributed by atoms with Crippen LogP contribution in [0, 0.1) is 5.82 Å². The third kappa shape index (κ3) is 4.77. The van der Waals surface area contributed by atoms with Gasteiger partial charge in [0.1, 0.15) is 23.7 Å².